The third-order valence-corrected chi connectivity index (χ3v) is 3.62. The normalized spacial score (nSPS) is 14.8. The van der Waals surface area contributed by atoms with E-state index in [1.54, 1.807) is 13.1 Å². The summed E-state index contributed by atoms with van der Waals surface area (Å²) in [7, 11) is 0. The predicted molar refractivity (Wildman–Crippen MR) is 84.0 cm³/mol. The fraction of sp³-hybridized carbons (Fsp3) is 0.333. The molecule has 0 saturated carbocycles. The van der Waals surface area contributed by atoms with Gasteiger partial charge in [0.1, 0.15) is 23.8 Å². The third-order valence-electron chi connectivity index (χ3n) is 3.62. The van der Waals surface area contributed by atoms with Crippen molar-refractivity contribution in [2.75, 3.05) is 36.4 Å². The Balaban J connectivity index is 1.68. The smallest absolute Gasteiger partial charge is 0.219 e. The monoisotopic (exact) mass is 298 g/mol. The van der Waals surface area contributed by atoms with Crippen molar-refractivity contribution in [1.29, 1.82) is 0 Å². The van der Waals surface area contributed by atoms with E-state index in [0.29, 0.717) is 5.82 Å². The Kier molecular flexibility index (Phi) is 4.13. The highest BCUT2D eigenvalue weighted by Gasteiger charge is 2.19. The fourth-order valence-corrected chi connectivity index (χ4v) is 2.41. The molecule has 1 aliphatic rings. The van der Waals surface area contributed by atoms with Crippen LogP contribution in [0.25, 0.3) is 0 Å². The zero-order chi connectivity index (χ0) is 15.4. The number of nitrogens with zero attached hydrogens (tertiary/aromatic N) is 5. The zero-order valence-electron chi connectivity index (χ0n) is 12.4. The van der Waals surface area contributed by atoms with Crippen LogP contribution in [0, 0.1) is 0 Å². The molecule has 7 heteroatoms. The topological polar surface area (TPSA) is 74.2 Å². The van der Waals surface area contributed by atoms with Crippen molar-refractivity contribution >= 4 is 23.4 Å². The highest BCUT2D eigenvalue weighted by atomic mass is 16.2. The van der Waals surface area contributed by atoms with Gasteiger partial charge in [0.25, 0.3) is 0 Å². The number of nitrogens with one attached hydrogen (secondary N) is 1. The summed E-state index contributed by atoms with van der Waals surface area (Å²) in [4.78, 5) is 28.1. The molecule has 0 aliphatic carbocycles. The standard InChI is InChI=1S/C15H18N6O/c1-12(22)20-6-8-21(9-7-20)15-10-14(17-11-18-15)19-13-4-2-3-5-16-13/h2-5,10-11H,6-9H2,1H3,(H,16,17,18,19). The molecule has 0 radical (unpaired) electrons. The van der Waals surface area contributed by atoms with E-state index >= 15 is 0 Å². The lowest BCUT2D eigenvalue weighted by atomic mass is 10.3. The largest absolute Gasteiger partial charge is 0.353 e. The molecule has 0 unspecified atom stereocenters. The number of hydrogen-bond acceptors (Lipinski definition) is 6. The Bertz CT molecular complexity index is 639. The predicted octanol–water partition coefficient (Wildman–Crippen LogP) is 1.28. The van der Waals surface area contributed by atoms with Gasteiger partial charge in [-0.15, -0.1) is 0 Å². The van der Waals surface area contributed by atoms with Gasteiger partial charge in [0.2, 0.25) is 5.91 Å². The first-order chi connectivity index (χ1) is 10.7. The summed E-state index contributed by atoms with van der Waals surface area (Å²) in [5.41, 5.74) is 0. The average Bonchev–Trinajstić information content (AvgIpc) is 2.56. The summed E-state index contributed by atoms with van der Waals surface area (Å²) in [6.07, 6.45) is 3.27. The minimum Gasteiger partial charge on any atom is -0.353 e. The lowest BCUT2D eigenvalue weighted by molar-refractivity contribution is -0.129. The van der Waals surface area contributed by atoms with Crippen LogP contribution in [0.2, 0.25) is 0 Å². The molecule has 1 fully saturated rings. The molecule has 114 valence electrons. The van der Waals surface area contributed by atoms with E-state index in [9.17, 15) is 4.79 Å². The molecule has 0 bridgehead atoms. The van der Waals surface area contributed by atoms with Crippen molar-refractivity contribution in [3.63, 3.8) is 0 Å². The van der Waals surface area contributed by atoms with Crippen molar-refractivity contribution < 1.29 is 4.79 Å². The molecular weight excluding hydrogens is 280 g/mol. The first-order valence-corrected chi connectivity index (χ1v) is 7.23. The van der Waals surface area contributed by atoms with E-state index in [2.05, 4.69) is 25.2 Å². The molecule has 0 atom stereocenters. The second-order valence-corrected chi connectivity index (χ2v) is 5.09. The summed E-state index contributed by atoms with van der Waals surface area (Å²) in [6.45, 7) is 4.61. The van der Waals surface area contributed by atoms with Gasteiger partial charge in [-0.3, -0.25) is 4.79 Å². The maximum atomic E-state index is 11.4. The van der Waals surface area contributed by atoms with E-state index in [1.165, 1.54) is 6.33 Å². The van der Waals surface area contributed by atoms with Crippen molar-refractivity contribution in [2.45, 2.75) is 6.92 Å². The number of pyridine rings is 1. The summed E-state index contributed by atoms with van der Waals surface area (Å²) in [5, 5.41) is 3.16. The van der Waals surface area contributed by atoms with Crippen LogP contribution in [-0.4, -0.2) is 51.9 Å². The molecule has 3 heterocycles. The van der Waals surface area contributed by atoms with Crippen LogP contribution in [0.5, 0.6) is 0 Å². The molecule has 1 saturated heterocycles. The molecule has 1 aliphatic heterocycles. The quantitative estimate of drug-likeness (QED) is 0.920. The van der Waals surface area contributed by atoms with E-state index in [0.717, 1.165) is 37.8 Å². The molecule has 1 N–H and O–H groups in total. The van der Waals surface area contributed by atoms with Gasteiger partial charge in [-0.05, 0) is 12.1 Å². The summed E-state index contributed by atoms with van der Waals surface area (Å²) in [6, 6.07) is 7.56. The second-order valence-electron chi connectivity index (χ2n) is 5.09. The number of carbonyl (C=O) groups is 1. The van der Waals surface area contributed by atoms with Crippen LogP contribution in [0.3, 0.4) is 0 Å². The maximum absolute atomic E-state index is 11.4. The Hall–Kier alpha value is -2.70. The van der Waals surface area contributed by atoms with Gasteiger partial charge in [0.05, 0.1) is 0 Å². The number of aromatic nitrogens is 3. The van der Waals surface area contributed by atoms with Crippen LogP contribution in [0.15, 0.2) is 36.8 Å². The number of rotatable bonds is 3. The van der Waals surface area contributed by atoms with Crippen LogP contribution in [0.1, 0.15) is 6.92 Å². The average molecular weight is 298 g/mol. The van der Waals surface area contributed by atoms with Gasteiger partial charge in [-0.25, -0.2) is 15.0 Å². The molecule has 2 aromatic rings. The van der Waals surface area contributed by atoms with Crippen molar-refractivity contribution in [3.8, 4) is 0 Å². The van der Waals surface area contributed by atoms with Crippen LogP contribution >= 0.6 is 0 Å². The number of piperazine rings is 1. The summed E-state index contributed by atoms with van der Waals surface area (Å²) >= 11 is 0. The third kappa shape index (κ3) is 3.30. The van der Waals surface area contributed by atoms with Crippen LogP contribution in [0.4, 0.5) is 17.5 Å². The first-order valence-electron chi connectivity index (χ1n) is 7.23. The van der Waals surface area contributed by atoms with Gasteiger partial charge in [0, 0.05) is 45.4 Å². The molecule has 1 amide bonds. The molecular formula is C15H18N6O. The number of carbonyl (C=O) groups excluding carboxylic acids is 1. The van der Waals surface area contributed by atoms with E-state index in [1.807, 2.05) is 29.2 Å². The lowest BCUT2D eigenvalue weighted by Gasteiger charge is -2.34. The van der Waals surface area contributed by atoms with E-state index < -0.39 is 0 Å². The molecule has 3 rings (SSSR count). The first kappa shape index (κ1) is 14.2. The number of hydrogen-bond donors (Lipinski definition) is 1. The van der Waals surface area contributed by atoms with Crippen LogP contribution in [-0.2, 0) is 4.79 Å². The number of amides is 1. The van der Waals surface area contributed by atoms with Gasteiger partial charge in [-0.1, -0.05) is 6.07 Å². The van der Waals surface area contributed by atoms with Gasteiger partial charge >= 0.3 is 0 Å². The van der Waals surface area contributed by atoms with Crippen molar-refractivity contribution in [3.05, 3.63) is 36.8 Å². The Morgan fingerprint density at radius 2 is 1.91 bits per heavy atom. The molecule has 0 aromatic carbocycles. The lowest BCUT2D eigenvalue weighted by Crippen LogP contribution is -2.48. The Labute approximate surface area is 129 Å². The fourth-order valence-electron chi connectivity index (χ4n) is 2.41. The Morgan fingerprint density at radius 1 is 1.09 bits per heavy atom. The molecule has 22 heavy (non-hydrogen) atoms. The molecule has 2 aromatic heterocycles. The highest BCUT2D eigenvalue weighted by molar-refractivity contribution is 5.73. The van der Waals surface area contributed by atoms with E-state index in [-0.39, 0.29) is 5.91 Å². The van der Waals surface area contributed by atoms with E-state index in [4.69, 9.17) is 0 Å². The van der Waals surface area contributed by atoms with Gasteiger partial charge in [-0.2, -0.15) is 0 Å². The SMILES string of the molecule is CC(=O)N1CCN(c2cc(Nc3ccccn3)ncn2)CC1. The highest BCUT2D eigenvalue weighted by Crippen LogP contribution is 2.18. The second kappa shape index (κ2) is 6.38. The minimum absolute atomic E-state index is 0.125. The van der Waals surface area contributed by atoms with Crippen molar-refractivity contribution in [2.24, 2.45) is 0 Å². The van der Waals surface area contributed by atoms with Crippen molar-refractivity contribution in [1.82, 2.24) is 19.9 Å². The maximum Gasteiger partial charge on any atom is 0.219 e. The molecule has 0 spiro atoms. The number of anilines is 3. The van der Waals surface area contributed by atoms with Gasteiger partial charge < -0.3 is 15.1 Å². The summed E-state index contributed by atoms with van der Waals surface area (Å²) in [5.74, 6) is 2.43. The summed E-state index contributed by atoms with van der Waals surface area (Å²) < 4.78 is 0. The minimum atomic E-state index is 0.125. The van der Waals surface area contributed by atoms with Crippen LogP contribution < -0.4 is 10.2 Å². The Morgan fingerprint density at radius 3 is 2.59 bits per heavy atom. The van der Waals surface area contributed by atoms with Gasteiger partial charge in [0.15, 0.2) is 0 Å². The molecule has 7 nitrogen and oxygen atoms in total. The zero-order valence-corrected chi connectivity index (χ0v) is 12.4.